The van der Waals surface area contributed by atoms with Gasteiger partial charge < -0.3 is 5.73 Å². The molecule has 0 saturated carbocycles. The lowest BCUT2D eigenvalue weighted by molar-refractivity contribution is 0.600. The van der Waals surface area contributed by atoms with Crippen LogP contribution in [0.25, 0.3) is 0 Å². The average Bonchev–Trinajstić information content (AvgIpc) is 2.37. The van der Waals surface area contributed by atoms with Gasteiger partial charge in [0.15, 0.2) is 0 Å². The van der Waals surface area contributed by atoms with Gasteiger partial charge in [0.1, 0.15) is 10.7 Å². The maximum atomic E-state index is 13.1. The summed E-state index contributed by atoms with van der Waals surface area (Å²) >= 11 is 14.5. The van der Waals surface area contributed by atoms with Crippen LogP contribution in [0.4, 0.5) is 15.8 Å². The second-order valence-corrected chi connectivity index (χ2v) is 7.33. The number of hydrogen-bond acceptors (Lipinski definition) is 3. The topological polar surface area (TPSA) is 72.2 Å². The molecule has 0 amide bonds. The minimum Gasteiger partial charge on any atom is -0.398 e. The van der Waals surface area contributed by atoms with Gasteiger partial charge in [-0.2, -0.15) is 0 Å². The molecule has 0 aliphatic heterocycles. The van der Waals surface area contributed by atoms with Crippen molar-refractivity contribution in [3.63, 3.8) is 0 Å². The van der Waals surface area contributed by atoms with E-state index >= 15 is 0 Å². The largest absolute Gasteiger partial charge is 0.398 e. The van der Waals surface area contributed by atoms with Gasteiger partial charge in [-0.1, -0.05) is 23.2 Å². The highest BCUT2D eigenvalue weighted by Gasteiger charge is 2.20. The molecule has 2 aromatic rings. The second-order valence-electron chi connectivity index (χ2n) is 4.04. The minimum atomic E-state index is -3.96. The van der Waals surface area contributed by atoms with E-state index in [1.54, 1.807) is 0 Å². The smallest absolute Gasteiger partial charge is 0.263 e. The Hall–Kier alpha value is -1.02. The highest BCUT2D eigenvalue weighted by molar-refractivity contribution is 9.10. The number of nitrogens with one attached hydrogen (secondary N) is 1. The summed E-state index contributed by atoms with van der Waals surface area (Å²) in [6.45, 7) is 0. The van der Waals surface area contributed by atoms with Crippen molar-refractivity contribution in [1.82, 2.24) is 0 Å². The summed E-state index contributed by atoms with van der Waals surface area (Å²) in [5.41, 5.74) is 5.96. The van der Waals surface area contributed by atoms with Crippen molar-refractivity contribution in [2.45, 2.75) is 4.90 Å². The fourth-order valence-corrected chi connectivity index (χ4v) is 4.07. The Kier molecular flexibility index (Phi) is 4.67. The van der Waals surface area contributed by atoms with E-state index in [4.69, 9.17) is 28.9 Å². The predicted octanol–water partition coefficient (Wildman–Crippen LogP) is 4.28. The van der Waals surface area contributed by atoms with Crippen LogP contribution < -0.4 is 10.5 Å². The quantitative estimate of drug-likeness (QED) is 0.737. The lowest BCUT2D eigenvalue weighted by Gasteiger charge is -2.12. The third-order valence-corrected chi connectivity index (χ3v) is 5.55. The number of anilines is 2. The van der Waals surface area contributed by atoms with Crippen LogP contribution in [0.15, 0.2) is 39.7 Å². The van der Waals surface area contributed by atoms with Crippen molar-refractivity contribution >= 4 is 60.5 Å². The Morgan fingerprint density at radius 2 is 1.86 bits per heavy atom. The van der Waals surface area contributed by atoms with E-state index in [9.17, 15) is 12.8 Å². The molecular weight excluding hydrogens is 406 g/mol. The van der Waals surface area contributed by atoms with E-state index in [1.807, 2.05) is 0 Å². The lowest BCUT2D eigenvalue weighted by atomic mass is 10.3. The van der Waals surface area contributed by atoms with Crippen LogP contribution in [-0.4, -0.2) is 8.42 Å². The Balaban J connectivity index is 2.45. The zero-order valence-electron chi connectivity index (χ0n) is 10.2. The van der Waals surface area contributed by atoms with E-state index < -0.39 is 15.8 Å². The molecule has 0 radical (unpaired) electrons. The molecule has 0 aliphatic carbocycles. The molecule has 0 atom stereocenters. The van der Waals surface area contributed by atoms with Crippen molar-refractivity contribution in [2.24, 2.45) is 0 Å². The summed E-state index contributed by atoms with van der Waals surface area (Å²) in [6, 6.07) is 6.13. The van der Waals surface area contributed by atoms with Crippen LogP contribution in [0.3, 0.4) is 0 Å². The number of benzene rings is 2. The average molecular weight is 414 g/mol. The number of nitrogens with two attached hydrogens (primary N) is 1. The maximum Gasteiger partial charge on any atom is 0.263 e. The second kappa shape index (κ2) is 6.00. The molecule has 0 heterocycles. The van der Waals surface area contributed by atoms with Crippen LogP contribution in [0.1, 0.15) is 0 Å². The fourth-order valence-electron chi connectivity index (χ4n) is 1.55. The van der Waals surface area contributed by atoms with Gasteiger partial charge in [0.05, 0.1) is 15.2 Å². The molecule has 21 heavy (non-hydrogen) atoms. The molecule has 9 heteroatoms. The van der Waals surface area contributed by atoms with E-state index in [-0.39, 0.29) is 30.8 Å². The van der Waals surface area contributed by atoms with Gasteiger partial charge in [-0.15, -0.1) is 0 Å². The predicted molar refractivity (Wildman–Crippen MR) is 85.8 cm³/mol. The molecule has 3 N–H and O–H groups in total. The van der Waals surface area contributed by atoms with Gasteiger partial charge in [0.2, 0.25) is 0 Å². The minimum absolute atomic E-state index is 0.117. The first-order chi connectivity index (χ1) is 9.70. The van der Waals surface area contributed by atoms with Crippen molar-refractivity contribution in [3.05, 3.63) is 50.7 Å². The van der Waals surface area contributed by atoms with Gasteiger partial charge in [-0.3, -0.25) is 4.72 Å². The molecule has 4 nitrogen and oxygen atoms in total. The van der Waals surface area contributed by atoms with Crippen molar-refractivity contribution in [1.29, 1.82) is 0 Å². The first-order valence-corrected chi connectivity index (χ1v) is 8.46. The number of sulfonamides is 1. The SMILES string of the molecule is Nc1cc(Cl)cc(S(=O)(=O)Nc2ccc(F)c(Cl)c2)c1Br. The first-order valence-electron chi connectivity index (χ1n) is 5.43. The molecule has 2 aromatic carbocycles. The summed E-state index contributed by atoms with van der Waals surface area (Å²) in [4.78, 5) is -0.132. The highest BCUT2D eigenvalue weighted by Crippen LogP contribution is 2.33. The van der Waals surface area contributed by atoms with Crippen molar-refractivity contribution in [2.75, 3.05) is 10.5 Å². The maximum absolute atomic E-state index is 13.1. The zero-order valence-corrected chi connectivity index (χ0v) is 14.1. The van der Waals surface area contributed by atoms with Crippen molar-refractivity contribution < 1.29 is 12.8 Å². The van der Waals surface area contributed by atoms with E-state index in [0.29, 0.717) is 0 Å². The Morgan fingerprint density at radius 1 is 1.19 bits per heavy atom. The van der Waals surface area contributed by atoms with Gasteiger partial charge in [0.25, 0.3) is 10.0 Å². The Morgan fingerprint density at radius 3 is 2.48 bits per heavy atom. The molecule has 0 spiro atoms. The fraction of sp³-hybridized carbons (Fsp3) is 0. The normalized spacial score (nSPS) is 11.4. The molecule has 0 fully saturated rings. The van der Waals surface area contributed by atoms with Crippen LogP contribution in [-0.2, 0) is 10.0 Å². The Labute approximate surface area is 139 Å². The summed E-state index contributed by atoms with van der Waals surface area (Å²) in [6.07, 6.45) is 0. The highest BCUT2D eigenvalue weighted by atomic mass is 79.9. The van der Waals surface area contributed by atoms with Crippen molar-refractivity contribution in [3.8, 4) is 0 Å². The summed E-state index contributed by atoms with van der Waals surface area (Å²) in [5.74, 6) is -0.646. The number of hydrogen-bond donors (Lipinski definition) is 2. The van der Waals surface area contributed by atoms with Gasteiger partial charge in [-0.25, -0.2) is 12.8 Å². The molecule has 0 aliphatic rings. The summed E-state index contributed by atoms with van der Waals surface area (Å²) in [7, 11) is -3.96. The van der Waals surface area contributed by atoms with Gasteiger partial charge >= 0.3 is 0 Å². The first kappa shape index (κ1) is 16.4. The molecule has 0 aromatic heterocycles. The van der Waals surface area contributed by atoms with Gasteiger partial charge in [0, 0.05) is 10.7 Å². The molecule has 0 saturated heterocycles. The molecule has 112 valence electrons. The number of rotatable bonds is 3. The van der Waals surface area contributed by atoms with Crippen LogP contribution in [0.2, 0.25) is 10.0 Å². The molecular formula is C12H8BrCl2FN2O2S. The summed E-state index contributed by atoms with van der Waals surface area (Å²) in [5, 5.41) is -0.0203. The molecule has 0 bridgehead atoms. The van der Waals surface area contributed by atoms with Crippen LogP contribution in [0, 0.1) is 5.82 Å². The van der Waals surface area contributed by atoms with E-state index in [2.05, 4.69) is 20.7 Å². The zero-order chi connectivity index (χ0) is 15.8. The lowest BCUT2D eigenvalue weighted by Crippen LogP contribution is -2.14. The summed E-state index contributed by atoms with van der Waals surface area (Å²) < 4.78 is 40.2. The van der Waals surface area contributed by atoms with Crippen LogP contribution in [0.5, 0.6) is 0 Å². The van der Waals surface area contributed by atoms with E-state index in [1.165, 1.54) is 18.2 Å². The number of halogens is 4. The molecule has 2 rings (SSSR count). The Bertz CT molecular complexity index is 815. The number of nitrogen functional groups attached to an aromatic ring is 1. The third kappa shape index (κ3) is 3.60. The standard InChI is InChI=1S/C12H8BrCl2FN2O2S/c13-12-10(17)3-6(14)4-11(12)21(19,20)18-7-1-2-9(16)8(15)5-7/h1-5,18H,17H2. The monoisotopic (exact) mass is 412 g/mol. The third-order valence-electron chi connectivity index (χ3n) is 2.49. The van der Waals surface area contributed by atoms with Crippen LogP contribution >= 0.6 is 39.1 Å². The molecule has 0 unspecified atom stereocenters. The van der Waals surface area contributed by atoms with Gasteiger partial charge in [-0.05, 0) is 46.3 Å². The van der Waals surface area contributed by atoms with E-state index in [0.717, 1.165) is 12.1 Å².